The Balaban J connectivity index is 2.05. The summed E-state index contributed by atoms with van der Waals surface area (Å²) in [6.45, 7) is 2.26. The largest absolute Gasteiger partial charge is 0.357 e. The zero-order valence-corrected chi connectivity index (χ0v) is 16.0. The first-order valence-corrected chi connectivity index (χ1v) is 9.19. The Morgan fingerprint density at radius 1 is 1.04 bits per heavy atom. The first-order valence-electron chi connectivity index (χ1n) is 8.81. The van der Waals surface area contributed by atoms with E-state index in [2.05, 4.69) is 5.32 Å². The highest BCUT2D eigenvalue weighted by Gasteiger charge is 2.24. The Bertz CT molecular complexity index is 734. The lowest BCUT2D eigenvalue weighted by Gasteiger charge is -2.28. The van der Waals surface area contributed by atoms with Gasteiger partial charge in [-0.1, -0.05) is 60.1 Å². The van der Waals surface area contributed by atoms with Crippen LogP contribution in [0.4, 0.5) is 0 Å². The summed E-state index contributed by atoms with van der Waals surface area (Å²) in [6, 6.07) is 17.0. The van der Waals surface area contributed by atoms with Gasteiger partial charge in [-0.3, -0.25) is 9.59 Å². The van der Waals surface area contributed by atoms with Crippen molar-refractivity contribution in [1.82, 2.24) is 10.2 Å². The third kappa shape index (κ3) is 5.60. The Kier molecular flexibility index (Phi) is 7.67. The number of halogens is 1. The second-order valence-electron chi connectivity index (χ2n) is 6.20. The molecule has 138 valence electrons. The molecule has 1 atom stereocenters. The number of benzene rings is 2. The highest BCUT2D eigenvalue weighted by atomic mass is 35.5. The molecule has 0 aromatic heterocycles. The minimum atomic E-state index is -0.512. The van der Waals surface area contributed by atoms with Crippen LogP contribution in [0.2, 0.25) is 5.02 Å². The smallest absolute Gasteiger partial charge is 0.242 e. The van der Waals surface area contributed by atoms with Gasteiger partial charge < -0.3 is 10.2 Å². The second kappa shape index (κ2) is 9.97. The molecular formula is C21H25ClN2O2. The second-order valence-corrected chi connectivity index (χ2v) is 6.61. The maximum atomic E-state index is 12.8. The molecule has 2 aromatic carbocycles. The zero-order chi connectivity index (χ0) is 18.9. The van der Waals surface area contributed by atoms with Crippen molar-refractivity contribution in [2.75, 3.05) is 13.6 Å². The number of carbonyl (C=O) groups is 2. The van der Waals surface area contributed by atoms with E-state index in [1.165, 1.54) is 0 Å². The van der Waals surface area contributed by atoms with Crippen molar-refractivity contribution < 1.29 is 9.59 Å². The number of hydrogen-bond donors (Lipinski definition) is 1. The summed E-state index contributed by atoms with van der Waals surface area (Å²) in [5.41, 5.74) is 2.08. The molecule has 5 heteroatoms. The third-order valence-corrected chi connectivity index (χ3v) is 4.83. The van der Waals surface area contributed by atoms with Crippen molar-refractivity contribution in [3.8, 4) is 0 Å². The van der Waals surface area contributed by atoms with Gasteiger partial charge in [0.15, 0.2) is 0 Å². The predicted octanol–water partition coefficient (Wildman–Crippen LogP) is 3.48. The standard InChI is InChI=1S/C21H25ClN2O2/c1-16(21(26)23-2)24(15-14-17-8-4-3-5-9-17)20(25)13-12-18-10-6-7-11-19(18)22/h3-11,16H,12-15H2,1-2H3,(H,23,26)/t16-/m1/s1. The van der Waals surface area contributed by atoms with Crippen molar-refractivity contribution >= 4 is 23.4 Å². The van der Waals surface area contributed by atoms with E-state index in [-0.39, 0.29) is 11.8 Å². The van der Waals surface area contributed by atoms with Crippen LogP contribution in [0.5, 0.6) is 0 Å². The molecule has 0 bridgehead atoms. The fraction of sp³-hybridized carbons (Fsp3) is 0.333. The molecule has 4 nitrogen and oxygen atoms in total. The van der Waals surface area contributed by atoms with E-state index < -0.39 is 6.04 Å². The number of aryl methyl sites for hydroxylation is 1. The van der Waals surface area contributed by atoms with Gasteiger partial charge in [0.05, 0.1) is 0 Å². The Morgan fingerprint density at radius 3 is 2.35 bits per heavy atom. The van der Waals surface area contributed by atoms with Crippen molar-refractivity contribution in [3.05, 3.63) is 70.7 Å². The predicted molar refractivity (Wildman–Crippen MR) is 105 cm³/mol. The molecule has 0 heterocycles. The monoisotopic (exact) mass is 372 g/mol. The number of nitrogens with one attached hydrogen (secondary N) is 1. The molecule has 2 amide bonds. The average Bonchev–Trinajstić information content (AvgIpc) is 2.67. The number of likely N-dealkylation sites (N-methyl/N-ethyl adjacent to an activating group) is 1. The summed E-state index contributed by atoms with van der Waals surface area (Å²) in [6.07, 6.45) is 1.58. The van der Waals surface area contributed by atoms with E-state index in [1.54, 1.807) is 18.9 Å². The van der Waals surface area contributed by atoms with E-state index >= 15 is 0 Å². The lowest BCUT2D eigenvalue weighted by atomic mass is 10.1. The molecule has 0 saturated carbocycles. The number of hydrogen-bond acceptors (Lipinski definition) is 2. The van der Waals surface area contributed by atoms with Gasteiger partial charge in [0.1, 0.15) is 6.04 Å². The van der Waals surface area contributed by atoms with Crippen LogP contribution in [0.15, 0.2) is 54.6 Å². The van der Waals surface area contributed by atoms with Crippen LogP contribution in [0.1, 0.15) is 24.5 Å². The molecule has 2 aromatic rings. The van der Waals surface area contributed by atoms with Crippen molar-refractivity contribution in [2.45, 2.75) is 32.2 Å². The van der Waals surface area contributed by atoms with Gasteiger partial charge in [-0.15, -0.1) is 0 Å². The van der Waals surface area contributed by atoms with E-state index in [9.17, 15) is 9.59 Å². The number of rotatable bonds is 8. The highest BCUT2D eigenvalue weighted by molar-refractivity contribution is 6.31. The van der Waals surface area contributed by atoms with Crippen LogP contribution >= 0.6 is 11.6 Å². The lowest BCUT2D eigenvalue weighted by Crippen LogP contribution is -2.48. The maximum Gasteiger partial charge on any atom is 0.242 e. The van der Waals surface area contributed by atoms with Gasteiger partial charge in [0.25, 0.3) is 0 Å². The van der Waals surface area contributed by atoms with Crippen LogP contribution in [0, 0.1) is 0 Å². The van der Waals surface area contributed by atoms with Crippen molar-refractivity contribution in [3.63, 3.8) is 0 Å². The van der Waals surface area contributed by atoms with Crippen LogP contribution < -0.4 is 5.32 Å². The topological polar surface area (TPSA) is 49.4 Å². The molecule has 0 aliphatic carbocycles. The molecule has 0 saturated heterocycles. The van der Waals surface area contributed by atoms with Gasteiger partial charge in [0.2, 0.25) is 11.8 Å². The molecular weight excluding hydrogens is 348 g/mol. The summed E-state index contributed by atoms with van der Waals surface area (Å²) in [7, 11) is 1.59. The van der Waals surface area contributed by atoms with Gasteiger partial charge in [0, 0.05) is 25.0 Å². The van der Waals surface area contributed by atoms with E-state index in [1.807, 2.05) is 54.6 Å². The summed E-state index contributed by atoms with van der Waals surface area (Å²) in [5.74, 6) is -0.207. The molecule has 1 N–H and O–H groups in total. The van der Waals surface area contributed by atoms with Crippen LogP contribution in [-0.2, 0) is 22.4 Å². The van der Waals surface area contributed by atoms with Crippen LogP contribution in [0.25, 0.3) is 0 Å². The first-order chi connectivity index (χ1) is 12.5. The highest BCUT2D eigenvalue weighted by Crippen LogP contribution is 2.17. The number of amides is 2. The van der Waals surface area contributed by atoms with Crippen molar-refractivity contribution in [2.24, 2.45) is 0 Å². The summed E-state index contributed by atoms with van der Waals surface area (Å²) < 4.78 is 0. The SMILES string of the molecule is CNC(=O)[C@@H](C)N(CCc1ccccc1)C(=O)CCc1ccccc1Cl. The molecule has 0 radical (unpaired) electrons. The fourth-order valence-corrected chi connectivity index (χ4v) is 3.10. The van der Waals surface area contributed by atoms with Crippen LogP contribution in [-0.4, -0.2) is 36.3 Å². The third-order valence-electron chi connectivity index (χ3n) is 4.46. The molecule has 26 heavy (non-hydrogen) atoms. The van der Waals surface area contributed by atoms with E-state index in [0.717, 1.165) is 11.1 Å². The fourth-order valence-electron chi connectivity index (χ4n) is 2.87. The van der Waals surface area contributed by atoms with Gasteiger partial charge in [-0.25, -0.2) is 0 Å². The molecule has 0 spiro atoms. The summed E-state index contributed by atoms with van der Waals surface area (Å²) >= 11 is 6.17. The normalized spacial score (nSPS) is 11.7. The average molecular weight is 373 g/mol. The van der Waals surface area contributed by atoms with E-state index in [4.69, 9.17) is 11.6 Å². The Labute approximate surface area is 160 Å². The lowest BCUT2D eigenvalue weighted by molar-refractivity contribution is -0.139. The van der Waals surface area contributed by atoms with E-state index in [0.29, 0.717) is 30.8 Å². The first kappa shape index (κ1) is 20.0. The minimum absolute atomic E-state index is 0.0445. The van der Waals surface area contributed by atoms with Gasteiger partial charge in [-0.2, -0.15) is 0 Å². The molecule has 0 unspecified atom stereocenters. The Hall–Kier alpha value is -2.33. The minimum Gasteiger partial charge on any atom is -0.357 e. The molecule has 0 aliphatic heterocycles. The van der Waals surface area contributed by atoms with Crippen LogP contribution in [0.3, 0.4) is 0 Å². The molecule has 0 fully saturated rings. The van der Waals surface area contributed by atoms with Crippen molar-refractivity contribution in [1.29, 1.82) is 0 Å². The summed E-state index contributed by atoms with van der Waals surface area (Å²) in [5, 5.41) is 3.29. The van der Waals surface area contributed by atoms with Gasteiger partial charge >= 0.3 is 0 Å². The number of carbonyl (C=O) groups excluding carboxylic acids is 2. The maximum absolute atomic E-state index is 12.8. The molecule has 2 rings (SSSR count). The number of nitrogens with zero attached hydrogens (tertiary/aromatic N) is 1. The zero-order valence-electron chi connectivity index (χ0n) is 15.2. The quantitative estimate of drug-likeness (QED) is 0.771. The Morgan fingerprint density at radius 2 is 1.69 bits per heavy atom. The van der Waals surface area contributed by atoms with Gasteiger partial charge in [-0.05, 0) is 37.0 Å². The molecule has 0 aliphatic rings. The summed E-state index contributed by atoms with van der Waals surface area (Å²) in [4.78, 5) is 26.5.